The first kappa shape index (κ1) is 21.8. The molecule has 0 aliphatic carbocycles. The molecule has 0 spiro atoms. The van der Waals surface area contributed by atoms with Gasteiger partial charge in [0.1, 0.15) is 5.82 Å². The van der Waals surface area contributed by atoms with Crippen LogP contribution in [-0.2, 0) is 11.3 Å². The first-order valence-electron chi connectivity index (χ1n) is 9.80. The van der Waals surface area contributed by atoms with Crippen molar-refractivity contribution in [2.75, 3.05) is 5.75 Å². The molecule has 1 N–H and O–H groups in total. The van der Waals surface area contributed by atoms with Crippen molar-refractivity contribution in [2.24, 2.45) is 0 Å². The van der Waals surface area contributed by atoms with Gasteiger partial charge in [0.25, 0.3) is 0 Å². The van der Waals surface area contributed by atoms with E-state index in [1.54, 1.807) is 18.2 Å². The second-order valence-electron chi connectivity index (χ2n) is 6.94. The van der Waals surface area contributed by atoms with Crippen LogP contribution in [0.4, 0.5) is 4.39 Å². The Balaban J connectivity index is 1.68. The summed E-state index contributed by atoms with van der Waals surface area (Å²) in [5.74, 6) is 0.466. The topological polar surface area (TPSA) is 59.8 Å². The van der Waals surface area contributed by atoms with Crippen molar-refractivity contribution >= 4 is 17.7 Å². The second kappa shape index (κ2) is 10.2. The van der Waals surface area contributed by atoms with E-state index in [0.29, 0.717) is 17.5 Å². The van der Waals surface area contributed by atoms with E-state index in [0.717, 1.165) is 17.5 Å². The van der Waals surface area contributed by atoms with Crippen LogP contribution in [0.1, 0.15) is 30.5 Å². The lowest BCUT2D eigenvalue weighted by atomic mass is 10.0. The minimum Gasteiger partial charge on any atom is -0.349 e. The average molecular weight is 425 g/mol. The summed E-state index contributed by atoms with van der Waals surface area (Å²) in [7, 11) is 0. The van der Waals surface area contributed by atoms with Gasteiger partial charge in [-0.2, -0.15) is 0 Å². The number of aryl methyl sites for hydroxylation is 1. The predicted molar refractivity (Wildman–Crippen MR) is 119 cm³/mol. The number of nitrogens with one attached hydrogen (secondary N) is 1. The van der Waals surface area contributed by atoms with Crippen LogP contribution in [0.5, 0.6) is 0 Å². The molecule has 156 valence electrons. The van der Waals surface area contributed by atoms with Crippen LogP contribution in [-0.4, -0.2) is 26.4 Å². The highest BCUT2D eigenvalue weighted by molar-refractivity contribution is 7.99. The van der Waals surface area contributed by atoms with E-state index in [2.05, 4.69) is 22.1 Å². The summed E-state index contributed by atoms with van der Waals surface area (Å²) in [6.45, 7) is 8.37. The fourth-order valence-electron chi connectivity index (χ4n) is 3.09. The van der Waals surface area contributed by atoms with E-state index < -0.39 is 0 Å². The van der Waals surface area contributed by atoms with Crippen LogP contribution >= 0.6 is 11.8 Å². The maximum Gasteiger partial charge on any atom is 0.230 e. The molecule has 0 fully saturated rings. The fraction of sp³-hybridized carbons (Fsp3) is 0.261. The van der Waals surface area contributed by atoms with E-state index >= 15 is 0 Å². The minimum absolute atomic E-state index is 0.0282. The number of rotatable bonds is 9. The molecular formula is C23H25FN4OS. The lowest BCUT2D eigenvalue weighted by Crippen LogP contribution is -2.29. The molecule has 1 amide bonds. The standard InChI is InChI=1S/C23H25FN4OS/c1-4-14-28-22(18-10-12-19(24)13-11-18)26-27-23(28)30-15-21(29)25-20(5-2)17-8-6-16(3)7-9-17/h4,6-13,20H,1,5,14-15H2,2-3H3,(H,25,29)/t20-/m1/s1. The van der Waals surface area contributed by atoms with Crippen LogP contribution in [0.15, 0.2) is 66.3 Å². The number of amides is 1. The third kappa shape index (κ3) is 5.36. The summed E-state index contributed by atoms with van der Waals surface area (Å²) in [6, 6.07) is 14.3. The van der Waals surface area contributed by atoms with Gasteiger partial charge in [0.15, 0.2) is 11.0 Å². The smallest absolute Gasteiger partial charge is 0.230 e. The summed E-state index contributed by atoms with van der Waals surface area (Å²) in [4.78, 5) is 12.6. The highest BCUT2D eigenvalue weighted by atomic mass is 32.2. The zero-order chi connectivity index (χ0) is 21.5. The summed E-state index contributed by atoms with van der Waals surface area (Å²) < 4.78 is 15.1. The number of halogens is 1. The van der Waals surface area contributed by atoms with Gasteiger partial charge in [0.05, 0.1) is 11.8 Å². The molecule has 7 heteroatoms. The van der Waals surface area contributed by atoms with Gasteiger partial charge in [-0.15, -0.1) is 16.8 Å². The molecule has 5 nitrogen and oxygen atoms in total. The summed E-state index contributed by atoms with van der Waals surface area (Å²) >= 11 is 1.32. The summed E-state index contributed by atoms with van der Waals surface area (Å²) in [5.41, 5.74) is 3.04. The molecule has 0 radical (unpaired) electrons. The normalized spacial score (nSPS) is 11.8. The number of allylic oxidation sites excluding steroid dienone is 1. The zero-order valence-electron chi connectivity index (χ0n) is 17.1. The number of nitrogens with zero attached hydrogens (tertiary/aromatic N) is 3. The third-order valence-corrected chi connectivity index (χ3v) is 5.65. The molecule has 2 aromatic carbocycles. The monoisotopic (exact) mass is 424 g/mol. The van der Waals surface area contributed by atoms with Crippen molar-refractivity contribution in [1.82, 2.24) is 20.1 Å². The average Bonchev–Trinajstić information content (AvgIpc) is 3.14. The first-order chi connectivity index (χ1) is 14.5. The molecule has 0 unspecified atom stereocenters. The Labute approximate surface area is 180 Å². The lowest BCUT2D eigenvalue weighted by Gasteiger charge is -2.17. The molecular weight excluding hydrogens is 399 g/mol. The molecule has 1 atom stereocenters. The van der Waals surface area contributed by atoms with Gasteiger partial charge in [0, 0.05) is 12.1 Å². The SMILES string of the molecule is C=CCn1c(SCC(=O)N[C@H](CC)c2ccc(C)cc2)nnc1-c1ccc(F)cc1. The number of hydrogen-bond acceptors (Lipinski definition) is 4. The number of carbonyl (C=O) groups is 1. The number of hydrogen-bond donors (Lipinski definition) is 1. The lowest BCUT2D eigenvalue weighted by molar-refractivity contribution is -0.119. The van der Waals surface area contributed by atoms with Crippen molar-refractivity contribution < 1.29 is 9.18 Å². The van der Waals surface area contributed by atoms with Crippen molar-refractivity contribution in [1.29, 1.82) is 0 Å². The number of benzene rings is 2. The largest absolute Gasteiger partial charge is 0.349 e. The molecule has 3 aromatic rings. The molecule has 1 heterocycles. The van der Waals surface area contributed by atoms with Crippen molar-refractivity contribution in [3.63, 3.8) is 0 Å². The van der Waals surface area contributed by atoms with E-state index in [-0.39, 0.29) is 23.5 Å². The molecule has 3 rings (SSSR count). The fourth-order valence-corrected chi connectivity index (χ4v) is 3.85. The van der Waals surface area contributed by atoms with E-state index in [9.17, 15) is 9.18 Å². The van der Waals surface area contributed by atoms with E-state index in [1.807, 2.05) is 42.7 Å². The predicted octanol–water partition coefficient (Wildman–Crippen LogP) is 4.94. The van der Waals surface area contributed by atoms with Crippen LogP contribution in [0.25, 0.3) is 11.4 Å². The van der Waals surface area contributed by atoms with Crippen LogP contribution in [0, 0.1) is 12.7 Å². The summed E-state index contributed by atoms with van der Waals surface area (Å²) in [5, 5.41) is 12.2. The molecule has 0 bridgehead atoms. The molecule has 1 aromatic heterocycles. The minimum atomic E-state index is -0.307. The second-order valence-corrected chi connectivity index (χ2v) is 7.88. The van der Waals surface area contributed by atoms with Crippen LogP contribution in [0.3, 0.4) is 0 Å². The van der Waals surface area contributed by atoms with E-state index in [1.165, 1.54) is 29.5 Å². The Morgan fingerprint density at radius 1 is 1.20 bits per heavy atom. The number of aromatic nitrogens is 3. The highest BCUT2D eigenvalue weighted by Crippen LogP contribution is 2.25. The Morgan fingerprint density at radius 3 is 2.53 bits per heavy atom. The molecule has 0 saturated heterocycles. The molecule has 30 heavy (non-hydrogen) atoms. The van der Waals surface area contributed by atoms with Gasteiger partial charge in [-0.05, 0) is 43.2 Å². The molecule has 0 aliphatic heterocycles. The Morgan fingerprint density at radius 2 is 1.90 bits per heavy atom. The zero-order valence-corrected chi connectivity index (χ0v) is 18.0. The van der Waals surface area contributed by atoms with Gasteiger partial charge in [-0.25, -0.2) is 4.39 Å². The quantitative estimate of drug-likeness (QED) is 0.390. The molecule has 0 aliphatic rings. The van der Waals surface area contributed by atoms with Crippen molar-refractivity contribution in [2.45, 2.75) is 38.0 Å². The number of carbonyl (C=O) groups excluding carboxylic acids is 1. The number of thioether (sulfide) groups is 1. The van der Waals surface area contributed by atoms with Gasteiger partial charge in [0.2, 0.25) is 5.91 Å². The van der Waals surface area contributed by atoms with Crippen LogP contribution in [0.2, 0.25) is 0 Å². The molecule has 0 saturated carbocycles. The van der Waals surface area contributed by atoms with Gasteiger partial charge in [-0.1, -0.05) is 54.6 Å². The maximum absolute atomic E-state index is 13.2. The Kier molecular flexibility index (Phi) is 7.41. The van der Waals surface area contributed by atoms with Crippen molar-refractivity contribution in [3.05, 3.63) is 78.1 Å². The maximum atomic E-state index is 13.2. The highest BCUT2D eigenvalue weighted by Gasteiger charge is 2.17. The summed E-state index contributed by atoms with van der Waals surface area (Å²) in [6.07, 6.45) is 2.55. The van der Waals surface area contributed by atoms with E-state index in [4.69, 9.17) is 0 Å². The Bertz CT molecular complexity index is 999. The van der Waals surface area contributed by atoms with Gasteiger partial charge >= 0.3 is 0 Å². The van der Waals surface area contributed by atoms with Crippen molar-refractivity contribution in [3.8, 4) is 11.4 Å². The third-order valence-electron chi connectivity index (χ3n) is 4.69. The first-order valence-corrected chi connectivity index (χ1v) is 10.8. The van der Waals surface area contributed by atoms with Crippen LogP contribution < -0.4 is 5.32 Å². The van der Waals surface area contributed by atoms with Gasteiger partial charge in [-0.3, -0.25) is 9.36 Å². The Hall–Kier alpha value is -2.93. The van der Waals surface area contributed by atoms with Gasteiger partial charge < -0.3 is 5.32 Å².